The van der Waals surface area contributed by atoms with Crippen LogP contribution in [0.25, 0.3) is 0 Å². The predicted molar refractivity (Wildman–Crippen MR) is 114 cm³/mol. The second kappa shape index (κ2) is 10.2. The molecule has 0 radical (unpaired) electrons. The predicted octanol–water partition coefficient (Wildman–Crippen LogP) is 3.46. The molecule has 29 heavy (non-hydrogen) atoms. The number of amides is 2. The fourth-order valence-electron chi connectivity index (χ4n) is 4.03. The van der Waals surface area contributed by atoms with Crippen molar-refractivity contribution in [3.05, 3.63) is 32.8 Å². The van der Waals surface area contributed by atoms with Gasteiger partial charge < -0.3 is 10.6 Å². The Morgan fingerprint density at radius 2 is 1.83 bits per heavy atom. The third-order valence-electron chi connectivity index (χ3n) is 5.71. The molecule has 0 unspecified atom stereocenters. The van der Waals surface area contributed by atoms with Gasteiger partial charge in [0.15, 0.2) is 0 Å². The van der Waals surface area contributed by atoms with Crippen molar-refractivity contribution in [1.29, 1.82) is 0 Å². The van der Waals surface area contributed by atoms with Crippen LogP contribution < -0.4 is 10.6 Å². The number of hydrogen-bond donors (Lipinski definition) is 2. The summed E-state index contributed by atoms with van der Waals surface area (Å²) in [6, 6.07) is 4.44. The summed E-state index contributed by atoms with van der Waals surface area (Å²) >= 11 is 3.26. The molecule has 1 saturated carbocycles. The smallest absolute Gasteiger partial charge is 0.270 e. The quantitative estimate of drug-likeness (QED) is 0.493. The van der Waals surface area contributed by atoms with Crippen molar-refractivity contribution in [2.45, 2.75) is 51.0 Å². The van der Waals surface area contributed by atoms with Crippen LogP contribution in [0.3, 0.4) is 0 Å². The van der Waals surface area contributed by atoms with E-state index in [1.807, 2.05) is 0 Å². The Labute approximate surface area is 178 Å². The number of piperidine rings is 1. The number of nitrogens with zero attached hydrogens (tertiary/aromatic N) is 2. The number of nitro benzene ring substituents is 1. The van der Waals surface area contributed by atoms with E-state index in [0.29, 0.717) is 10.2 Å². The van der Waals surface area contributed by atoms with Gasteiger partial charge in [-0.15, -0.1) is 0 Å². The number of halogens is 1. The molecule has 2 fully saturated rings. The number of nitro groups is 1. The molecule has 1 aliphatic heterocycles. The summed E-state index contributed by atoms with van der Waals surface area (Å²) in [6.45, 7) is 1.77. The molecular formula is C20H27BrN4O4. The van der Waals surface area contributed by atoms with Crippen LogP contribution in [-0.2, 0) is 9.59 Å². The number of non-ortho nitro benzene ring substituents is 1. The van der Waals surface area contributed by atoms with Gasteiger partial charge in [-0.3, -0.25) is 24.6 Å². The van der Waals surface area contributed by atoms with Crippen molar-refractivity contribution in [1.82, 2.24) is 10.2 Å². The molecule has 0 bridgehead atoms. The highest BCUT2D eigenvalue weighted by Crippen LogP contribution is 2.27. The minimum absolute atomic E-state index is 0.0350. The van der Waals surface area contributed by atoms with Gasteiger partial charge in [0.2, 0.25) is 11.8 Å². The van der Waals surface area contributed by atoms with Crippen LogP contribution in [0, 0.1) is 16.0 Å². The van der Waals surface area contributed by atoms with E-state index in [9.17, 15) is 19.7 Å². The zero-order valence-electron chi connectivity index (χ0n) is 16.4. The number of likely N-dealkylation sites (tertiary alicyclic amines) is 1. The van der Waals surface area contributed by atoms with Crippen molar-refractivity contribution in [2.75, 3.05) is 25.0 Å². The molecule has 0 aromatic heterocycles. The second-order valence-corrected chi connectivity index (χ2v) is 8.72. The molecule has 1 saturated heterocycles. The molecule has 2 aliphatic rings. The maximum Gasteiger partial charge on any atom is 0.270 e. The van der Waals surface area contributed by atoms with Gasteiger partial charge in [0, 0.05) is 41.7 Å². The van der Waals surface area contributed by atoms with E-state index >= 15 is 0 Å². The van der Waals surface area contributed by atoms with Crippen LogP contribution in [0.2, 0.25) is 0 Å². The normalized spacial score (nSPS) is 18.9. The molecule has 8 nitrogen and oxygen atoms in total. The zero-order valence-corrected chi connectivity index (χ0v) is 17.9. The molecule has 1 aromatic rings. The average molecular weight is 467 g/mol. The van der Waals surface area contributed by atoms with E-state index in [0.717, 1.165) is 51.6 Å². The fraction of sp³-hybridized carbons (Fsp3) is 0.600. The summed E-state index contributed by atoms with van der Waals surface area (Å²) in [5.74, 6) is 0.209. The van der Waals surface area contributed by atoms with Crippen LogP contribution in [0.4, 0.5) is 11.4 Å². The highest BCUT2D eigenvalue weighted by Gasteiger charge is 2.26. The summed E-state index contributed by atoms with van der Waals surface area (Å²) in [6.07, 6.45) is 7.22. The third kappa shape index (κ3) is 6.24. The highest BCUT2D eigenvalue weighted by atomic mass is 79.9. The number of hydrogen-bond acceptors (Lipinski definition) is 5. The lowest BCUT2D eigenvalue weighted by Crippen LogP contribution is -2.48. The molecule has 2 amide bonds. The second-order valence-electron chi connectivity index (χ2n) is 7.86. The van der Waals surface area contributed by atoms with E-state index in [2.05, 4.69) is 31.5 Å². The Bertz CT molecular complexity index is 759. The van der Waals surface area contributed by atoms with Gasteiger partial charge >= 0.3 is 0 Å². The van der Waals surface area contributed by atoms with Gasteiger partial charge in [-0.25, -0.2) is 0 Å². The number of benzene rings is 1. The Kier molecular flexibility index (Phi) is 7.60. The monoisotopic (exact) mass is 466 g/mol. The van der Waals surface area contributed by atoms with Gasteiger partial charge in [0.1, 0.15) is 0 Å². The van der Waals surface area contributed by atoms with Crippen LogP contribution in [-0.4, -0.2) is 47.3 Å². The summed E-state index contributed by atoms with van der Waals surface area (Å²) in [5.41, 5.74) is 0.474. The molecule has 1 aliphatic carbocycles. The Balaban J connectivity index is 1.41. The van der Waals surface area contributed by atoms with Crippen LogP contribution in [0.15, 0.2) is 22.7 Å². The minimum Gasteiger partial charge on any atom is -0.353 e. The van der Waals surface area contributed by atoms with E-state index in [4.69, 9.17) is 0 Å². The SMILES string of the molecule is O=C(CN1CCC(NC(=O)C2CCCCC2)CC1)Nc1ccc([N+](=O)[O-])cc1Br. The van der Waals surface area contributed by atoms with Gasteiger partial charge in [0.25, 0.3) is 5.69 Å². The maximum atomic E-state index is 12.4. The van der Waals surface area contributed by atoms with Gasteiger partial charge in [-0.1, -0.05) is 19.3 Å². The van der Waals surface area contributed by atoms with Crippen molar-refractivity contribution in [3.8, 4) is 0 Å². The van der Waals surface area contributed by atoms with Gasteiger partial charge in [-0.2, -0.15) is 0 Å². The summed E-state index contributed by atoms with van der Waals surface area (Å²) in [7, 11) is 0. The number of carbonyl (C=O) groups is 2. The molecule has 3 rings (SSSR count). The molecule has 9 heteroatoms. The van der Waals surface area contributed by atoms with Gasteiger partial charge in [-0.05, 0) is 47.7 Å². The van der Waals surface area contributed by atoms with E-state index in [1.165, 1.54) is 24.6 Å². The van der Waals surface area contributed by atoms with Crippen molar-refractivity contribution in [2.24, 2.45) is 5.92 Å². The lowest BCUT2D eigenvalue weighted by molar-refractivity contribution is -0.384. The maximum absolute atomic E-state index is 12.4. The molecule has 158 valence electrons. The Morgan fingerprint density at radius 1 is 1.14 bits per heavy atom. The van der Waals surface area contributed by atoms with Crippen LogP contribution >= 0.6 is 15.9 Å². The highest BCUT2D eigenvalue weighted by molar-refractivity contribution is 9.10. The lowest BCUT2D eigenvalue weighted by Gasteiger charge is -2.33. The number of anilines is 1. The first kappa shape index (κ1) is 21.7. The number of rotatable bonds is 6. The topological polar surface area (TPSA) is 105 Å². The van der Waals surface area contributed by atoms with E-state index in [1.54, 1.807) is 0 Å². The molecule has 1 heterocycles. The fourth-order valence-corrected chi connectivity index (χ4v) is 4.50. The first-order chi connectivity index (χ1) is 13.9. The average Bonchev–Trinajstić information content (AvgIpc) is 2.71. The Morgan fingerprint density at radius 3 is 2.45 bits per heavy atom. The third-order valence-corrected chi connectivity index (χ3v) is 6.37. The minimum atomic E-state index is -0.479. The summed E-state index contributed by atoms with van der Waals surface area (Å²) in [4.78, 5) is 37.1. The lowest BCUT2D eigenvalue weighted by atomic mass is 9.88. The number of nitrogens with one attached hydrogen (secondary N) is 2. The van der Waals surface area contributed by atoms with Crippen molar-refractivity contribution in [3.63, 3.8) is 0 Å². The molecule has 2 N–H and O–H groups in total. The first-order valence-corrected chi connectivity index (χ1v) is 11.0. The standard InChI is InChI=1S/C20H27BrN4O4/c21-17-12-16(25(28)29)6-7-18(17)23-19(26)13-24-10-8-15(9-11-24)22-20(27)14-4-2-1-3-5-14/h6-7,12,14-15H,1-5,8-11,13H2,(H,22,27)(H,23,26). The summed E-state index contributed by atoms with van der Waals surface area (Å²) < 4.78 is 0.476. The van der Waals surface area contributed by atoms with Crippen LogP contribution in [0.5, 0.6) is 0 Å². The largest absolute Gasteiger partial charge is 0.353 e. The number of carbonyl (C=O) groups excluding carboxylic acids is 2. The molecule has 0 spiro atoms. The molecule has 1 aromatic carbocycles. The van der Waals surface area contributed by atoms with Crippen LogP contribution in [0.1, 0.15) is 44.9 Å². The summed E-state index contributed by atoms with van der Waals surface area (Å²) in [5, 5.41) is 16.8. The van der Waals surface area contributed by atoms with E-state index in [-0.39, 0.29) is 36.0 Å². The van der Waals surface area contributed by atoms with E-state index < -0.39 is 4.92 Å². The first-order valence-electron chi connectivity index (χ1n) is 10.2. The Hall–Kier alpha value is -2.00. The zero-order chi connectivity index (χ0) is 20.8. The van der Waals surface area contributed by atoms with Gasteiger partial charge in [0.05, 0.1) is 17.2 Å². The van der Waals surface area contributed by atoms with Crippen molar-refractivity contribution < 1.29 is 14.5 Å². The molecule has 0 atom stereocenters. The molecular weight excluding hydrogens is 440 g/mol. The van der Waals surface area contributed by atoms with Crippen molar-refractivity contribution >= 4 is 39.1 Å².